The highest BCUT2D eigenvalue weighted by Gasteiger charge is 2.24. The summed E-state index contributed by atoms with van der Waals surface area (Å²) in [4.78, 5) is 0.115. The van der Waals surface area contributed by atoms with E-state index in [1.54, 1.807) is 13.2 Å². The first-order chi connectivity index (χ1) is 8.93. The third-order valence-corrected chi connectivity index (χ3v) is 4.59. The van der Waals surface area contributed by atoms with E-state index in [1.165, 1.54) is 30.6 Å². The quantitative estimate of drug-likeness (QED) is 0.596. The van der Waals surface area contributed by atoms with Crippen molar-refractivity contribution in [2.75, 3.05) is 40.2 Å². The molecule has 2 N–H and O–H groups in total. The molecule has 0 spiro atoms. The van der Waals surface area contributed by atoms with Gasteiger partial charge in [-0.15, -0.1) is 0 Å². The van der Waals surface area contributed by atoms with Gasteiger partial charge in [0.15, 0.2) is 0 Å². The molecule has 0 radical (unpaired) electrons. The molecule has 1 aromatic rings. The molecule has 0 unspecified atom stereocenters. The number of methoxy groups -OCH3 is 2. The molecule has 108 valence electrons. The molecule has 19 heavy (non-hydrogen) atoms. The monoisotopic (exact) mass is 288 g/mol. The highest BCUT2D eigenvalue weighted by atomic mass is 32.2. The van der Waals surface area contributed by atoms with Crippen molar-refractivity contribution in [1.29, 1.82) is 0 Å². The van der Waals surface area contributed by atoms with Gasteiger partial charge in [0, 0.05) is 39.1 Å². The van der Waals surface area contributed by atoms with E-state index in [-0.39, 0.29) is 10.6 Å². The number of nitrogens with zero attached hydrogens (tertiary/aromatic N) is 1. The van der Waals surface area contributed by atoms with Crippen molar-refractivity contribution >= 4 is 15.7 Å². The van der Waals surface area contributed by atoms with Gasteiger partial charge in [0.1, 0.15) is 10.6 Å². The standard InChI is InChI=1S/C12H20N2O4S/c1-14(7-4-8-17-2)19(15,16)12-6-5-10(13)9-11(12)18-3/h5-6,9H,4,7-8,13H2,1-3H3. The van der Waals surface area contributed by atoms with Crippen LogP contribution in [0.15, 0.2) is 23.1 Å². The number of hydrogen-bond donors (Lipinski definition) is 1. The van der Waals surface area contributed by atoms with E-state index in [9.17, 15) is 8.42 Å². The van der Waals surface area contributed by atoms with Crippen molar-refractivity contribution in [2.24, 2.45) is 0 Å². The number of rotatable bonds is 7. The Morgan fingerprint density at radius 3 is 2.58 bits per heavy atom. The van der Waals surface area contributed by atoms with Crippen LogP contribution in [0.5, 0.6) is 5.75 Å². The number of nitrogen functional groups attached to an aromatic ring is 1. The van der Waals surface area contributed by atoms with Crippen molar-refractivity contribution in [3.63, 3.8) is 0 Å². The Morgan fingerprint density at radius 1 is 1.32 bits per heavy atom. The average molecular weight is 288 g/mol. The number of anilines is 1. The molecular weight excluding hydrogens is 268 g/mol. The zero-order valence-electron chi connectivity index (χ0n) is 11.4. The van der Waals surface area contributed by atoms with Crippen LogP contribution in [0.25, 0.3) is 0 Å². The number of hydrogen-bond acceptors (Lipinski definition) is 5. The summed E-state index contributed by atoms with van der Waals surface area (Å²) in [6.07, 6.45) is 0.628. The van der Waals surface area contributed by atoms with Crippen LogP contribution in [-0.2, 0) is 14.8 Å². The summed E-state index contributed by atoms with van der Waals surface area (Å²) in [5.74, 6) is 0.249. The summed E-state index contributed by atoms with van der Waals surface area (Å²) in [5, 5.41) is 0. The van der Waals surface area contributed by atoms with E-state index in [0.29, 0.717) is 25.3 Å². The smallest absolute Gasteiger partial charge is 0.246 e. The Kier molecular flexibility index (Phi) is 5.59. The van der Waals surface area contributed by atoms with E-state index in [4.69, 9.17) is 15.2 Å². The van der Waals surface area contributed by atoms with Crippen LogP contribution in [0.4, 0.5) is 5.69 Å². The summed E-state index contributed by atoms with van der Waals surface area (Å²) in [6, 6.07) is 4.49. The molecule has 0 heterocycles. The SMILES string of the molecule is COCCCN(C)S(=O)(=O)c1ccc(N)cc1OC. The maximum atomic E-state index is 12.4. The fourth-order valence-electron chi connectivity index (χ4n) is 1.62. The molecule has 0 atom stereocenters. The predicted molar refractivity (Wildman–Crippen MR) is 73.7 cm³/mol. The summed E-state index contributed by atoms with van der Waals surface area (Å²) in [5.41, 5.74) is 6.07. The van der Waals surface area contributed by atoms with E-state index in [2.05, 4.69) is 0 Å². The predicted octanol–water partition coefficient (Wildman–Crippen LogP) is 0.934. The number of benzene rings is 1. The molecular formula is C12H20N2O4S. The molecule has 6 nitrogen and oxygen atoms in total. The van der Waals surface area contributed by atoms with Crippen molar-refractivity contribution in [3.8, 4) is 5.75 Å². The van der Waals surface area contributed by atoms with Crippen LogP contribution in [0, 0.1) is 0 Å². The number of sulfonamides is 1. The first-order valence-electron chi connectivity index (χ1n) is 5.82. The van der Waals surface area contributed by atoms with E-state index >= 15 is 0 Å². The van der Waals surface area contributed by atoms with Crippen LogP contribution in [0.1, 0.15) is 6.42 Å². The largest absolute Gasteiger partial charge is 0.495 e. The maximum Gasteiger partial charge on any atom is 0.246 e. The van der Waals surface area contributed by atoms with Gasteiger partial charge in [-0.3, -0.25) is 0 Å². The van der Waals surface area contributed by atoms with Crippen molar-refractivity contribution in [2.45, 2.75) is 11.3 Å². The highest BCUT2D eigenvalue weighted by molar-refractivity contribution is 7.89. The van der Waals surface area contributed by atoms with Crippen molar-refractivity contribution in [1.82, 2.24) is 4.31 Å². The normalized spacial score (nSPS) is 11.8. The zero-order chi connectivity index (χ0) is 14.5. The molecule has 7 heteroatoms. The summed E-state index contributed by atoms with van der Waals surface area (Å²) < 4.78 is 36.0. The van der Waals surface area contributed by atoms with Crippen LogP contribution >= 0.6 is 0 Å². The van der Waals surface area contributed by atoms with Crippen LogP contribution in [0.3, 0.4) is 0 Å². The molecule has 1 rings (SSSR count). The van der Waals surface area contributed by atoms with E-state index < -0.39 is 10.0 Å². The second-order valence-corrected chi connectivity index (χ2v) is 6.10. The van der Waals surface area contributed by atoms with Gasteiger partial charge >= 0.3 is 0 Å². The van der Waals surface area contributed by atoms with Gasteiger partial charge in [0.2, 0.25) is 10.0 Å². The topological polar surface area (TPSA) is 81.9 Å². The minimum absolute atomic E-state index is 0.115. The fraction of sp³-hybridized carbons (Fsp3) is 0.500. The zero-order valence-corrected chi connectivity index (χ0v) is 12.2. The Morgan fingerprint density at radius 2 is 2.00 bits per heavy atom. The highest BCUT2D eigenvalue weighted by Crippen LogP contribution is 2.28. The van der Waals surface area contributed by atoms with Gasteiger partial charge in [0.25, 0.3) is 0 Å². The molecule has 0 amide bonds. The van der Waals surface area contributed by atoms with Gasteiger partial charge in [-0.05, 0) is 18.6 Å². The average Bonchev–Trinajstić information content (AvgIpc) is 2.38. The molecule has 0 saturated carbocycles. The van der Waals surface area contributed by atoms with Crippen LogP contribution in [0.2, 0.25) is 0 Å². The molecule has 0 saturated heterocycles. The molecule has 0 aliphatic rings. The minimum atomic E-state index is -3.58. The third kappa shape index (κ3) is 3.82. The summed E-state index contributed by atoms with van der Waals surface area (Å²) in [7, 11) is 0.943. The first-order valence-corrected chi connectivity index (χ1v) is 7.26. The fourth-order valence-corrected chi connectivity index (χ4v) is 2.96. The van der Waals surface area contributed by atoms with Gasteiger partial charge in [-0.25, -0.2) is 12.7 Å². The Labute approximate surface area is 114 Å². The van der Waals surface area contributed by atoms with Gasteiger partial charge < -0.3 is 15.2 Å². The Bertz CT molecular complexity index is 516. The number of nitrogens with two attached hydrogens (primary N) is 1. The van der Waals surface area contributed by atoms with E-state index in [0.717, 1.165) is 0 Å². The van der Waals surface area contributed by atoms with Crippen LogP contribution < -0.4 is 10.5 Å². The van der Waals surface area contributed by atoms with Crippen molar-refractivity contribution < 1.29 is 17.9 Å². The first kappa shape index (κ1) is 15.7. The molecule has 0 fully saturated rings. The Balaban J connectivity index is 2.99. The molecule has 0 aliphatic carbocycles. The van der Waals surface area contributed by atoms with Gasteiger partial charge in [0.05, 0.1) is 7.11 Å². The summed E-state index contributed by atoms with van der Waals surface area (Å²) in [6.45, 7) is 0.891. The lowest BCUT2D eigenvalue weighted by atomic mass is 10.3. The maximum absolute atomic E-state index is 12.4. The summed E-state index contributed by atoms with van der Waals surface area (Å²) >= 11 is 0. The van der Waals surface area contributed by atoms with Crippen molar-refractivity contribution in [3.05, 3.63) is 18.2 Å². The lowest BCUT2D eigenvalue weighted by molar-refractivity contribution is 0.189. The van der Waals surface area contributed by atoms with Gasteiger partial charge in [-0.2, -0.15) is 0 Å². The molecule has 1 aromatic carbocycles. The second kappa shape index (κ2) is 6.74. The van der Waals surface area contributed by atoms with Gasteiger partial charge in [-0.1, -0.05) is 0 Å². The minimum Gasteiger partial charge on any atom is -0.495 e. The lowest BCUT2D eigenvalue weighted by Crippen LogP contribution is -2.29. The van der Waals surface area contributed by atoms with E-state index in [1.807, 2.05) is 0 Å². The third-order valence-electron chi connectivity index (χ3n) is 2.70. The Hall–Kier alpha value is -1.31. The van der Waals surface area contributed by atoms with Crippen LogP contribution in [-0.4, -0.2) is 47.1 Å². The molecule has 0 aromatic heterocycles. The molecule has 0 bridgehead atoms. The molecule has 0 aliphatic heterocycles. The lowest BCUT2D eigenvalue weighted by Gasteiger charge is -2.18. The number of ether oxygens (including phenoxy) is 2. The second-order valence-electron chi connectivity index (χ2n) is 4.08.